The van der Waals surface area contributed by atoms with Crippen LogP contribution in [0.3, 0.4) is 0 Å². The molecule has 0 spiro atoms. The lowest BCUT2D eigenvalue weighted by molar-refractivity contribution is -0.105. The van der Waals surface area contributed by atoms with E-state index in [4.69, 9.17) is 0 Å². The minimum Gasteiger partial charge on any atom is -0.385 e. The van der Waals surface area contributed by atoms with Crippen LogP contribution in [-0.4, -0.2) is 13.0 Å². The van der Waals surface area contributed by atoms with Crippen molar-refractivity contribution in [3.05, 3.63) is 23.8 Å². The van der Waals surface area contributed by atoms with E-state index >= 15 is 0 Å². The third-order valence-electron chi connectivity index (χ3n) is 1.83. The molecule has 0 radical (unpaired) electrons. The molecule has 0 aliphatic heterocycles. The van der Waals surface area contributed by atoms with Gasteiger partial charge in [0.15, 0.2) is 0 Å². The van der Waals surface area contributed by atoms with Crippen LogP contribution in [0.2, 0.25) is 0 Å². The number of carbonyl (C=O) groups is 1. The summed E-state index contributed by atoms with van der Waals surface area (Å²) in [5, 5.41) is 5.83. The van der Waals surface area contributed by atoms with Gasteiger partial charge in [0.1, 0.15) is 0 Å². The van der Waals surface area contributed by atoms with Crippen molar-refractivity contribution in [2.75, 3.05) is 17.2 Å². The summed E-state index contributed by atoms with van der Waals surface area (Å²) in [5.74, 6) is 0. The lowest BCUT2D eigenvalue weighted by Crippen LogP contribution is -2.00. The van der Waals surface area contributed by atoms with Gasteiger partial charge in [0.2, 0.25) is 6.41 Å². The number of amides is 1. The Morgan fingerprint density at radius 2 is 2.23 bits per heavy atom. The molecule has 0 aliphatic rings. The van der Waals surface area contributed by atoms with Gasteiger partial charge >= 0.3 is 0 Å². The third-order valence-corrected chi connectivity index (χ3v) is 1.83. The van der Waals surface area contributed by atoms with E-state index in [1.807, 2.05) is 32.0 Å². The Hall–Kier alpha value is -1.51. The van der Waals surface area contributed by atoms with Gasteiger partial charge in [-0.1, -0.05) is 6.07 Å². The van der Waals surface area contributed by atoms with E-state index in [0.717, 1.165) is 17.9 Å². The maximum Gasteiger partial charge on any atom is 0.211 e. The molecule has 13 heavy (non-hydrogen) atoms. The van der Waals surface area contributed by atoms with E-state index in [-0.39, 0.29) is 0 Å². The highest BCUT2D eigenvalue weighted by Gasteiger charge is 1.97. The van der Waals surface area contributed by atoms with Crippen molar-refractivity contribution in [2.45, 2.75) is 13.8 Å². The number of carbonyl (C=O) groups excluding carboxylic acids is 1. The SMILES string of the molecule is CCNc1cc(NC=O)ccc1C. The number of aryl methyl sites for hydroxylation is 1. The van der Waals surface area contributed by atoms with Gasteiger partial charge in [-0.05, 0) is 31.5 Å². The van der Waals surface area contributed by atoms with E-state index in [2.05, 4.69) is 10.6 Å². The second-order valence-electron chi connectivity index (χ2n) is 2.82. The van der Waals surface area contributed by atoms with Crippen molar-refractivity contribution in [3.8, 4) is 0 Å². The number of hydrogen-bond donors (Lipinski definition) is 2. The van der Waals surface area contributed by atoms with Gasteiger partial charge in [-0.2, -0.15) is 0 Å². The van der Waals surface area contributed by atoms with Crippen LogP contribution >= 0.6 is 0 Å². The fraction of sp³-hybridized carbons (Fsp3) is 0.300. The Bertz CT molecular complexity index is 297. The van der Waals surface area contributed by atoms with Gasteiger partial charge < -0.3 is 10.6 Å². The van der Waals surface area contributed by atoms with Crippen molar-refractivity contribution in [2.24, 2.45) is 0 Å². The monoisotopic (exact) mass is 178 g/mol. The Morgan fingerprint density at radius 1 is 1.46 bits per heavy atom. The normalized spacial score (nSPS) is 9.38. The van der Waals surface area contributed by atoms with Gasteiger partial charge in [-0.25, -0.2) is 0 Å². The Balaban J connectivity index is 2.89. The maximum atomic E-state index is 10.2. The van der Waals surface area contributed by atoms with E-state index in [0.29, 0.717) is 6.41 Å². The molecular weight excluding hydrogens is 164 g/mol. The first-order valence-electron chi connectivity index (χ1n) is 4.32. The van der Waals surface area contributed by atoms with Crippen LogP contribution in [0.5, 0.6) is 0 Å². The molecule has 70 valence electrons. The van der Waals surface area contributed by atoms with Crippen molar-refractivity contribution >= 4 is 17.8 Å². The number of hydrogen-bond acceptors (Lipinski definition) is 2. The van der Waals surface area contributed by atoms with Crippen molar-refractivity contribution in [1.82, 2.24) is 0 Å². The van der Waals surface area contributed by atoms with Gasteiger partial charge in [0.05, 0.1) is 0 Å². The zero-order chi connectivity index (χ0) is 9.68. The molecule has 1 rings (SSSR count). The van der Waals surface area contributed by atoms with Gasteiger partial charge in [-0.15, -0.1) is 0 Å². The van der Waals surface area contributed by atoms with Crippen LogP contribution in [0.4, 0.5) is 11.4 Å². The van der Waals surface area contributed by atoms with E-state index in [1.165, 1.54) is 5.56 Å². The number of anilines is 2. The van der Waals surface area contributed by atoms with Crippen LogP contribution in [0.1, 0.15) is 12.5 Å². The minimum absolute atomic E-state index is 0.681. The predicted octanol–water partition coefficient (Wildman–Crippen LogP) is 2.00. The highest BCUT2D eigenvalue weighted by molar-refractivity contribution is 5.74. The molecule has 0 bridgehead atoms. The smallest absolute Gasteiger partial charge is 0.211 e. The van der Waals surface area contributed by atoms with Gasteiger partial charge in [0, 0.05) is 17.9 Å². The lowest BCUT2D eigenvalue weighted by atomic mass is 10.2. The average Bonchev–Trinajstić information content (AvgIpc) is 2.12. The zero-order valence-electron chi connectivity index (χ0n) is 7.92. The standard InChI is InChI=1S/C10H14N2O/c1-3-11-10-6-9(12-7-13)5-4-8(10)2/h4-7,11H,3H2,1-2H3,(H,12,13). The topological polar surface area (TPSA) is 41.1 Å². The highest BCUT2D eigenvalue weighted by atomic mass is 16.1. The van der Waals surface area contributed by atoms with Crippen LogP contribution in [-0.2, 0) is 4.79 Å². The first-order valence-corrected chi connectivity index (χ1v) is 4.32. The summed E-state index contributed by atoms with van der Waals surface area (Å²) in [7, 11) is 0. The zero-order valence-corrected chi connectivity index (χ0v) is 7.92. The summed E-state index contributed by atoms with van der Waals surface area (Å²) in [4.78, 5) is 10.2. The molecule has 0 aromatic heterocycles. The Morgan fingerprint density at radius 3 is 2.85 bits per heavy atom. The second kappa shape index (κ2) is 4.50. The summed E-state index contributed by atoms with van der Waals surface area (Å²) in [6.45, 7) is 4.95. The summed E-state index contributed by atoms with van der Waals surface area (Å²) in [6, 6.07) is 5.78. The molecule has 0 atom stereocenters. The summed E-state index contributed by atoms with van der Waals surface area (Å²) in [5.41, 5.74) is 3.06. The molecule has 0 heterocycles. The summed E-state index contributed by atoms with van der Waals surface area (Å²) in [6.07, 6.45) is 0.681. The molecule has 3 heteroatoms. The molecule has 1 aromatic carbocycles. The Kier molecular flexibility index (Phi) is 3.31. The fourth-order valence-electron chi connectivity index (χ4n) is 1.16. The molecule has 0 saturated carbocycles. The second-order valence-corrected chi connectivity index (χ2v) is 2.82. The molecule has 1 aromatic rings. The number of benzene rings is 1. The molecule has 1 amide bonds. The largest absolute Gasteiger partial charge is 0.385 e. The van der Waals surface area contributed by atoms with Crippen molar-refractivity contribution < 1.29 is 4.79 Å². The Labute approximate surface area is 78.2 Å². The first-order chi connectivity index (χ1) is 6.27. The summed E-state index contributed by atoms with van der Waals surface area (Å²) < 4.78 is 0. The highest BCUT2D eigenvalue weighted by Crippen LogP contribution is 2.19. The molecular formula is C10H14N2O. The van der Waals surface area contributed by atoms with E-state index < -0.39 is 0 Å². The molecule has 0 aliphatic carbocycles. The maximum absolute atomic E-state index is 10.2. The molecule has 3 nitrogen and oxygen atoms in total. The van der Waals surface area contributed by atoms with Crippen molar-refractivity contribution in [1.29, 1.82) is 0 Å². The summed E-state index contributed by atoms with van der Waals surface area (Å²) >= 11 is 0. The fourth-order valence-corrected chi connectivity index (χ4v) is 1.16. The van der Waals surface area contributed by atoms with E-state index in [1.54, 1.807) is 0 Å². The van der Waals surface area contributed by atoms with Crippen LogP contribution < -0.4 is 10.6 Å². The van der Waals surface area contributed by atoms with Gasteiger partial charge in [0.25, 0.3) is 0 Å². The van der Waals surface area contributed by atoms with Crippen LogP contribution in [0.15, 0.2) is 18.2 Å². The lowest BCUT2D eigenvalue weighted by Gasteiger charge is -2.08. The molecule has 0 unspecified atom stereocenters. The van der Waals surface area contributed by atoms with E-state index in [9.17, 15) is 4.79 Å². The number of rotatable bonds is 4. The predicted molar refractivity (Wildman–Crippen MR) is 55.0 cm³/mol. The minimum atomic E-state index is 0.681. The first kappa shape index (κ1) is 9.58. The molecule has 2 N–H and O–H groups in total. The van der Waals surface area contributed by atoms with Crippen LogP contribution in [0.25, 0.3) is 0 Å². The number of nitrogens with one attached hydrogen (secondary N) is 2. The van der Waals surface area contributed by atoms with Crippen LogP contribution in [0, 0.1) is 6.92 Å². The third kappa shape index (κ3) is 2.47. The molecule has 0 saturated heterocycles. The average molecular weight is 178 g/mol. The quantitative estimate of drug-likeness (QED) is 0.692. The van der Waals surface area contributed by atoms with Gasteiger partial charge in [-0.3, -0.25) is 4.79 Å². The molecule has 0 fully saturated rings. The van der Waals surface area contributed by atoms with Crippen molar-refractivity contribution in [3.63, 3.8) is 0 Å².